The van der Waals surface area contributed by atoms with Gasteiger partial charge in [-0.2, -0.15) is 0 Å². The van der Waals surface area contributed by atoms with Gasteiger partial charge in [0.25, 0.3) is 5.56 Å². The van der Waals surface area contributed by atoms with Gasteiger partial charge in [-0.05, 0) is 24.3 Å². The lowest BCUT2D eigenvalue weighted by Gasteiger charge is -2.07. The molecule has 0 saturated heterocycles. The second-order valence-corrected chi connectivity index (χ2v) is 6.72. The number of fused-ring (bicyclic) bond motifs is 3. The number of hydrogen-bond acceptors (Lipinski definition) is 6. The van der Waals surface area contributed by atoms with E-state index in [1.54, 1.807) is 32.5 Å². The minimum absolute atomic E-state index is 0.142. The molecule has 0 aliphatic carbocycles. The molecule has 0 spiro atoms. The number of methoxy groups -OCH3 is 1. The molecule has 0 unspecified atom stereocenters. The fraction of sp³-hybridized carbons (Fsp3) is 0.118. The first kappa shape index (κ1) is 15.9. The van der Waals surface area contributed by atoms with Crippen LogP contribution in [0.1, 0.15) is 0 Å². The average Bonchev–Trinajstić information content (AvgIpc) is 3.02. The van der Waals surface area contributed by atoms with Crippen molar-refractivity contribution < 1.29 is 4.74 Å². The Kier molecular flexibility index (Phi) is 3.82. The van der Waals surface area contributed by atoms with E-state index in [1.165, 1.54) is 22.2 Å². The number of rotatable bonds is 3. The second kappa shape index (κ2) is 6.02. The Morgan fingerprint density at radius 1 is 1.24 bits per heavy atom. The molecule has 0 aliphatic heterocycles. The Labute approximate surface area is 151 Å². The topological polar surface area (TPSA) is 69.0 Å². The first-order valence-corrected chi connectivity index (χ1v) is 8.64. The molecule has 126 valence electrons. The highest BCUT2D eigenvalue weighted by molar-refractivity contribution is 7.25. The van der Waals surface area contributed by atoms with Crippen molar-refractivity contribution in [1.82, 2.24) is 14.5 Å². The van der Waals surface area contributed by atoms with Crippen LogP contribution >= 0.6 is 22.9 Å². The number of pyridine rings is 1. The molecule has 25 heavy (non-hydrogen) atoms. The third kappa shape index (κ3) is 2.43. The summed E-state index contributed by atoms with van der Waals surface area (Å²) in [6, 6.07) is 7.24. The molecular weight excluding hydrogens is 360 g/mol. The molecular formula is C17H13ClN4O2S. The molecule has 0 fully saturated rings. The van der Waals surface area contributed by atoms with Crippen LogP contribution in [0.25, 0.3) is 26.1 Å². The van der Waals surface area contributed by atoms with Crippen LogP contribution < -0.4 is 15.6 Å². The molecule has 4 rings (SSSR count). The maximum absolute atomic E-state index is 13.0. The van der Waals surface area contributed by atoms with Gasteiger partial charge in [0.2, 0.25) is 0 Å². The summed E-state index contributed by atoms with van der Waals surface area (Å²) >= 11 is 7.53. The van der Waals surface area contributed by atoms with E-state index in [0.717, 1.165) is 27.3 Å². The summed E-state index contributed by atoms with van der Waals surface area (Å²) in [6.07, 6.45) is 3.10. The van der Waals surface area contributed by atoms with Gasteiger partial charge in [0.15, 0.2) is 0 Å². The van der Waals surface area contributed by atoms with Crippen molar-refractivity contribution in [3.63, 3.8) is 0 Å². The molecule has 1 N–H and O–H groups in total. The highest BCUT2D eigenvalue weighted by Crippen LogP contribution is 2.37. The van der Waals surface area contributed by atoms with Gasteiger partial charge in [-0.1, -0.05) is 11.6 Å². The maximum atomic E-state index is 13.0. The molecule has 0 bridgehead atoms. The number of anilines is 1. The van der Waals surface area contributed by atoms with Crippen LogP contribution in [0.4, 0.5) is 5.69 Å². The zero-order valence-corrected chi connectivity index (χ0v) is 15.0. The van der Waals surface area contributed by atoms with Gasteiger partial charge < -0.3 is 10.1 Å². The molecule has 1 aromatic carbocycles. The minimum Gasteiger partial charge on any atom is -0.497 e. The molecule has 4 aromatic rings. The van der Waals surface area contributed by atoms with Crippen molar-refractivity contribution in [2.75, 3.05) is 19.5 Å². The molecule has 6 nitrogen and oxygen atoms in total. The van der Waals surface area contributed by atoms with Gasteiger partial charge in [-0.15, -0.1) is 11.3 Å². The summed E-state index contributed by atoms with van der Waals surface area (Å²) in [6.45, 7) is 0. The van der Waals surface area contributed by atoms with Gasteiger partial charge in [0.05, 0.1) is 28.9 Å². The fourth-order valence-electron chi connectivity index (χ4n) is 2.74. The summed E-state index contributed by atoms with van der Waals surface area (Å²) in [5, 5.41) is 4.34. The maximum Gasteiger partial charge on any atom is 0.275 e. The molecule has 8 heteroatoms. The first-order valence-electron chi connectivity index (χ1n) is 7.44. The molecule has 3 heterocycles. The van der Waals surface area contributed by atoms with E-state index in [2.05, 4.69) is 15.3 Å². The highest BCUT2D eigenvalue weighted by Gasteiger charge is 2.17. The molecule has 0 aliphatic rings. The smallest absolute Gasteiger partial charge is 0.275 e. The molecule has 3 aromatic heterocycles. The van der Waals surface area contributed by atoms with E-state index in [4.69, 9.17) is 16.3 Å². The molecule has 0 saturated carbocycles. The van der Waals surface area contributed by atoms with Crippen LogP contribution in [-0.4, -0.2) is 28.7 Å². The van der Waals surface area contributed by atoms with Gasteiger partial charge in [-0.3, -0.25) is 9.36 Å². The van der Waals surface area contributed by atoms with Crippen LogP contribution in [0.5, 0.6) is 5.75 Å². The number of thiophene rings is 1. The van der Waals surface area contributed by atoms with Crippen molar-refractivity contribution in [2.45, 2.75) is 0 Å². The lowest BCUT2D eigenvalue weighted by atomic mass is 10.2. The normalized spacial score (nSPS) is 11.2. The summed E-state index contributed by atoms with van der Waals surface area (Å²) < 4.78 is 7.21. The third-order valence-electron chi connectivity index (χ3n) is 3.96. The predicted octanol–water partition coefficient (Wildman–Crippen LogP) is 3.70. The summed E-state index contributed by atoms with van der Waals surface area (Å²) in [5.74, 6) is 0.727. The van der Waals surface area contributed by atoms with Crippen LogP contribution in [0, 0.1) is 0 Å². The van der Waals surface area contributed by atoms with E-state index >= 15 is 0 Å². The molecule has 0 radical (unpaired) electrons. The second-order valence-electron chi connectivity index (χ2n) is 5.31. The number of nitrogens with one attached hydrogen (secondary N) is 1. The van der Waals surface area contributed by atoms with Crippen molar-refractivity contribution in [2.24, 2.45) is 0 Å². The lowest BCUT2D eigenvalue weighted by molar-refractivity contribution is 0.414. The number of benzene rings is 1. The van der Waals surface area contributed by atoms with Crippen molar-refractivity contribution >= 4 is 49.1 Å². The quantitative estimate of drug-likeness (QED) is 0.593. The van der Waals surface area contributed by atoms with Crippen molar-refractivity contribution in [3.05, 3.63) is 52.2 Å². The lowest BCUT2D eigenvalue weighted by Crippen LogP contribution is -2.17. The third-order valence-corrected chi connectivity index (χ3v) is 5.33. The number of hydrogen-bond donors (Lipinski definition) is 1. The molecule has 0 atom stereocenters. The summed E-state index contributed by atoms with van der Waals surface area (Å²) in [7, 11) is 3.38. The van der Waals surface area contributed by atoms with Gasteiger partial charge in [-0.25, -0.2) is 9.97 Å². The van der Waals surface area contributed by atoms with Gasteiger partial charge in [0.1, 0.15) is 27.1 Å². The van der Waals surface area contributed by atoms with E-state index in [9.17, 15) is 4.79 Å². The van der Waals surface area contributed by atoms with Crippen LogP contribution in [-0.2, 0) is 0 Å². The number of nitrogens with zero attached hydrogens (tertiary/aromatic N) is 3. The monoisotopic (exact) mass is 372 g/mol. The van der Waals surface area contributed by atoms with E-state index in [-0.39, 0.29) is 5.56 Å². The van der Waals surface area contributed by atoms with Gasteiger partial charge in [0, 0.05) is 13.2 Å². The Bertz CT molecular complexity index is 1150. The average molecular weight is 373 g/mol. The molecule has 0 amide bonds. The number of ether oxygens (including phenoxy) is 1. The Morgan fingerprint density at radius 2 is 2.00 bits per heavy atom. The largest absolute Gasteiger partial charge is 0.497 e. The zero-order chi connectivity index (χ0) is 17.6. The van der Waals surface area contributed by atoms with Crippen LogP contribution in [0.15, 0.2) is 41.6 Å². The van der Waals surface area contributed by atoms with Crippen LogP contribution in [0.3, 0.4) is 0 Å². The Morgan fingerprint density at radius 3 is 2.68 bits per heavy atom. The standard InChI is InChI=1S/C17H13ClN4O2S/c1-19-13-11(18)7-20-16-12(13)14-15(25-16)17(23)22(8-21-14)9-3-5-10(24-2)6-4-9/h3-8H,1-2H3,(H,19,20). The van der Waals surface area contributed by atoms with Gasteiger partial charge >= 0.3 is 0 Å². The van der Waals surface area contributed by atoms with E-state index < -0.39 is 0 Å². The number of aromatic nitrogens is 3. The van der Waals surface area contributed by atoms with Crippen LogP contribution in [0.2, 0.25) is 5.02 Å². The van der Waals surface area contributed by atoms with E-state index in [0.29, 0.717) is 15.2 Å². The Hall–Kier alpha value is -2.64. The highest BCUT2D eigenvalue weighted by atomic mass is 35.5. The van der Waals surface area contributed by atoms with Crippen molar-refractivity contribution in [1.29, 1.82) is 0 Å². The predicted molar refractivity (Wildman–Crippen MR) is 102 cm³/mol. The van der Waals surface area contributed by atoms with E-state index in [1.807, 2.05) is 12.1 Å². The fourth-order valence-corrected chi connectivity index (χ4v) is 4.02. The van der Waals surface area contributed by atoms with Crippen molar-refractivity contribution in [3.8, 4) is 11.4 Å². The minimum atomic E-state index is -0.142. The SMILES string of the molecule is CNc1c(Cl)cnc2sc3c(=O)n(-c4ccc(OC)cc4)cnc3c12. The first-order chi connectivity index (χ1) is 12.1. The Balaban J connectivity index is 2.00. The summed E-state index contributed by atoms with van der Waals surface area (Å²) in [5.41, 5.74) is 1.91. The zero-order valence-electron chi connectivity index (χ0n) is 13.4. The summed E-state index contributed by atoms with van der Waals surface area (Å²) in [4.78, 5) is 22.5. The number of halogens is 1.